The van der Waals surface area contributed by atoms with Crippen LogP contribution in [0.5, 0.6) is 0 Å². The Kier molecular flexibility index (Phi) is 5.58. The molecule has 126 valence electrons. The van der Waals surface area contributed by atoms with Crippen LogP contribution in [0, 0.1) is 11.3 Å². The molecular formula is C17H31N3O2. The summed E-state index contributed by atoms with van der Waals surface area (Å²) in [5.74, 6) is 1.94. The number of hydrogen-bond donors (Lipinski definition) is 2. The summed E-state index contributed by atoms with van der Waals surface area (Å²) in [7, 11) is 0. The van der Waals surface area contributed by atoms with Crippen molar-refractivity contribution in [2.24, 2.45) is 16.3 Å². The monoisotopic (exact) mass is 309 g/mol. The lowest BCUT2D eigenvalue weighted by atomic mass is 10.0. The van der Waals surface area contributed by atoms with Crippen LogP contribution in [0.3, 0.4) is 0 Å². The second-order valence-corrected chi connectivity index (χ2v) is 6.97. The molecular weight excluding hydrogens is 278 g/mol. The zero-order valence-corrected chi connectivity index (χ0v) is 13.9. The van der Waals surface area contributed by atoms with Gasteiger partial charge < -0.3 is 20.1 Å². The molecule has 5 nitrogen and oxygen atoms in total. The number of guanidine groups is 1. The van der Waals surface area contributed by atoms with Crippen LogP contribution in [0.15, 0.2) is 4.99 Å². The van der Waals surface area contributed by atoms with E-state index >= 15 is 0 Å². The molecule has 22 heavy (non-hydrogen) atoms. The minimum absolute atomic E-state index is 0.315. The molecule has 2 aliphatic carbocycles. The average Bonchev–Trinajstić information content (AvgIpc) is 3.43. The van der Waals surface area contributed by atoms with Gasteiger partial charge in [0.05, 0.1) is 12.7 Å². The summed E-state index contributed by atoms with van der Waals surface area (Å²) >= 11 is 0. The fraction of sp³-hybridized carbons (Fsp3) is 0.941. The first-order valence-electron chi connectivity index (χ1n) is 9.04. The maximum Gasteiger partial charge on any atom is 0.191 e. The summed E-state index contributed by atoms with van der Waals surface area (Å²) in [5, 5.41) is 6.79. The second kappa shape index (κ2) is 7.64. The molecule has 1 aliphatic heterocycles. The van der Waals surface area contributed by atoms with Crippen molar-refractivity contribution in [1.82, 2.24) is 10.6 Å². The minimum atomic E-state index is 0.315. The van der Waals surface area contributed by atoms with Gasteiger partial charge in [0.1, 0.15) is 0 Å². The average molecular weight is 309 g/mol. The molecule has 3 aliphatic rings. The van der Waals surface area contributed by atoms with Crippen LogP contribution >= 0.6 is 0 Å². The molecule has 0 amide bonds. The standard InChI is InChI=1S/C17H31N3O2/c1-2-18-16(20-13-17(7-8-17)14-4-5-14)19-9-3-10-22-15-6-11-21-12-15/h14-15H,2-13H2,1H3,(H2,18,19,20). The molecule has 1 unspecified atom stereocenters. The van der Waals surface area contributed by atoms with Crippen LogP contribution in [-0.4, -0.2) is 51.5 Å². The van der Waals surface area contributed by atoms with Gasteiger partial charge in [-0.15, -0.1) is 0 Å². The van der Waals surface area contributed by atoms with E-state index in [1.54, 1.807) is 0 Å². The lowest BCUT2D eigenvalue weighted by Crippen LogP contribution is -2.38. The fourth-order valence-electron chi connectivity index (χ4n) is 3.30. The van der Waals surface area contributed by atoms with Gasteiger partial charge in [0.25, 0.3) is 0 Å². The molecule has 0 aromatic carbocycles. The van der Waals surface area contributed by atoms with Gasteiger partial charge in [0.15, 0.2) is 5.96 Å². The Bertz CT molecular complexity index is 372. The molecule has 0 aromatic rings. The van der Waals surface area contributed by atoms with Gasteiger partial charge in [-0.05, 0) is 56.8 Å². The molecule has 0 radical (unpaired) electrons. The van der Waals surface area contributed by atoms with Crippen LogP contribution in [0.2, 0.25) is 0 Å². The first-order valence-corrected chi connectivity index (χ1v) is 9.04. The molecule has 1 heterocycles. The zero-order chi connectivity index (χ0) is 15.3. The number of nitrogens with zero attached hydrogens (tertiary/aromatic N) is 1. The molecule has 3 rings (SSSR count). The van der Waals surface area contributed by atoms with Gasteiger partial charge in [0.2, 0.25) is 0 Å². The van der Waals surface area contributed by atoms with Crippen molar-refractivity contribution < 1.29 is 9.47 Å². The van der Waals surface area contributed by atoms with Crippen molar-refractivity contribution in [1.29, 1.82) is 0 Å². The molecule has 5 heteroatoms. The molecule has 1 atom stereocenters. The van der Waals surface area contributed by atoms with Gasteiger partial charge in [-0.25, -0.2) is 0 Å². The molecule has 3 fully saturated rings. The zero-order valence-electron chi connectivity index (χ0n) is 13.9. The summed E-state index contributed by atoms with van der Waals surface area (Å²) < 4.78 is 11.1. The van der Waals surface area contributed by atoms with Crippen molar-refractivity contribution in [3.8, 4) is 0 Å². The van der Waals surface area contributed by atoms with Crippen LogP contribution in [-0.2, 0) is 9.47 Å². The lowest BCUT2D eigenvalue weighted by molar-refractivity contribution is 0.0420. The van der Waals surface area contributed by atoms with Crippen LogP contribution in [0.25, 0.3) is 0 Å². The maximum absolute atomic E-state index is 5.78. The van der Waals surface area contributed by atoms with Crippen LogP contribution < -0.4 is 10.6 Å². The Labute approximate surface area is 134 Å². The number of nitrogens with one attached hydrogen (secondary N) is 2. The molecule has 0 spiro atoms. The van der Waals surface area contributed by atoms with E-state index in [2.05, 4.69) is 17.6 Å². The summed E-state index contributed by atoms with van der Waals surface area (Å²) in [6.45, 7) is 7.36. The largest absolute Gasteiger partial charge is 0.379 e. The minimum Gasteiger partial charge on any atom is -0.379 e. The molecule has 2 N–H and O–H groups in total. The topological polar surface area (TPSA) is 54.9 Å². The molecule has 0 bridgehead atoms. The van der Waals surface area contributed by atoms with Crippen LogP contribution in [0.4, 0.5) is 0 Å². The summed E-state index contributed by atoms with van der Waals surface area (Å²) in [6, 6.07) is 0. The summed E-state index contributed by atoms with van der Waals surface area (Å²) in [4.78, 5) is 4.82. The highest BCUT2D eigenvalue weighted by molar-refractivity contribution is 5.79. The van der Waals surface area contributed by atoms with Crippen molar-refractivity contribution >= 4 is 5.96 Å². The van der Waals surface area contributed by atoms with E-state index in [4.69, 9.17) is 14.5 Å². The second-order valence-electron chi connectivity index (χ2n) is 6.97. The van der Waals surface area contributed by atoms with Gasteiger partial charge in [0, 0.05) is 32.8 Å². The highest BCUT2D eigenvalue weighted by Crippen LogP contribution is 2.61. The number of rotatable bonds is 9. The Morgan fingerprint density at radius 3 is 2.77 bits per heavy atom. The first kappa shape index (κ1) is 16.1. The van der Waals surface area contributed by atoms with Crippen molar-refractivity contribution in [3.63, 3.8) is 0 Å². The van der Waals surface area contributed by atoms with E-state index < -0.39 is 0 Å². The van der Waals surface area contributed by atoms with Gasteiger partial charge >= 0.3 is 0 Å². The quantitative estimate of drug-likeness (QED) is 0.388. The van der Waals surface area contributed by atoms with E-state index in [1.807, 2.05) is 0 Å². The van der Waals surface area contributed by atoms with Crippen LogP contribution in [0.1, 0.15) is 45.4 Å². The van der Waals surface area contributed by atoms with Crippen molar-refractivity contribution in [2.45, 2.75) is 51.6 Å². The van der Waals surface area contributed by atoms with E-state index in [9.17, 15) is 0 Å². The predicted octanol–water partition coefficient (Wildman–Crippen LogP) is 1.93. The summed E-state index contributed by atoms with van der Waals surface area (Å²) in [6.07, 6.45) is 8.00. The Balaban J connectivity index is 1.32. The number of aliphatic imine (C=N–C) groups is 1. The van der Waals surface area contributed by atoms with E-state index in [1.165, 1.54) is 25.7 Å². The SMILES string of the molecule is CCNC(=NCC1(C2CC2)CC1)NCCCOC1CCOC1. The molecule has 0 aromatic heterocycles. The van der Waals surface area contributed by atoms with Crippen molar-refractivity contribution in [2.75, 3.05) is 39.5 Å². The lowest BCUT2D eigenvalue weighted by Gasteiger charge is -2.15. The number of ether oxygens (including phenoxy) is 2. The third kappa shape index (κ3) is 4.59. The smallest absolute Gasteiger partial charge is 0.191 e. The van der Waals surface area contributed by atoms with E-state index in [0.717, 1.165) is 64.2 Å². The first-order chi connectivity index (χ1) is 10.8. The fourth-order valence-corrected chi connectivity index (χ4v) is 3.30. The third-order valence-electron chi connectivity index (χ3n) is 5.09. The van der Waals surface area contributed by atoms with Gasteiger partial charge in [-0.3, -0.25) is 4.99 Å². The number of hydrogen-bond acceptors (Lipinski definition) is 3. The van der Waals surface area contributed by atoms with E-state index in [0.29, 0.717) is 11.5 Å². The Morgan fingerprint density at radius 2 is 2.14 bits per heavy atom. The van der Waals surface area contributed by atoms with Gasteiger partial charge in [-0.1, -0.05) is 0 Å². The highest BCUT2D eigenvalue weighted by atomic mass is 16.5. The maximum atomic E-state index is 5.78. The highest BCUT2D eigenvalue weighted by Gasteiger charge is 2.53. The van der Waals surface area contributed by atoms with E-state index in [-0.39, 0.29) is 0 Å². The molecule has 2 saturated carbocycles. The third-order valence-corrected chi connectivity index (χ3v) is 5.09. The van der Waals surface area contributed by atoms with Gasteiger partial charge in [-0.2, -0.15) is 0 Å². The predicted molar refractivity (Wildman–Crippen MR) is 88.2 cm³/mol. The summed E-state index contributed by atoms with van der Waals surface area (Å²) in [5.41, 5.74) is 0.577. The molecule has 1 saturated heterocycles. The van der Waals surface area contributed by atoms with Crippen molar-refractivity contribution in [3.05, 3.63) is 0 Å². The Morgan fingerprint density at radius 1 is 1.27 bits per heavy atom. The normalized spacial score (nSPS) is 27.0. The Hall–Kier alpha value is -0.810.